The first-order chi connectivity index (χ1) is 9.51. The molecule has 1 atom stereocenters. The van der Waals surface area contributed by atoms with Crippen molar-refractivity contribution in [2.45, 2.75) is 20.0 Å². The number of ether oxygens (including phenoxy) is 1. The lowest BCUT2D eigenvalue weighted by atomic mass is 10.0. The minimum absolute atomic E-state index is 0.251. The molecular weight excluding hydrogens is 260 g/mol. The highest BCUT2D eigenvalue weighted by Crippen LogP contribution is 2.24. The molecule has 0 fully saturated rings. The molecule has 0 saturated heterocycles. The lowest BCUT2D eigenvalue weighted by Crippen LogP contribution is -2.18. The van der Waals surface area contributed by atoms with Gasteiger partial charge in [-0.2, -0.15) is 0 Å². The standard InChI is InChI=1S/C16H17F2NO/c1-10-3-4-12(7-11(10)2)16(9-19)20-13-5-6-14(17)15(18)8-13/h3-8,16H,9,19H2,1-2H3. The van der Waals surface area contributed by atoms with Gasteiger partial charge >= 0.3 is 0 Å². The molecule has 0 aliphatic heterocycles. The smallest absolute Gasteiger partial charge is 0.162 e. The van der Waals surface area contributed by atoms with Gasteiger partial charge in [0, 0.05) is 12.6 Å². The summed E-state index contributed by atoms with van der Waals surface area (Å²) in [6, 6.07) is 9.37. The zero-order valence-electron chi connectivity index (χ0n) is 11.5. The summed E-state index contributed by atoms with van der Waals surface area (Å²) in [7, 11) is 0. The molecule has 0 aliphatic carbocycles. The van der Waals surface area contributed by atoms with E-state index in [1.807, 2.05) is 32.0 Å². The zero-order valence-corrected chi connectivity index (χ0v) is 11.5. The average molecular weight is 277 g/mol. The Morgan fingerprint density at radius 1 is 1.00 bits per heavy atom. The maximum Gasteiger partial charge on any atom is 0.162 e. The third kappa shape index (κ3) is 3.14. The van der Waals surface area contributed by atoms with E-state index in [0.29, 0.717) is 0 Å². The fourth-order valence-electron chi connectivity index (χ4n) is 1.93. The molecular formula is C16H17F2NO. The van der Waals surface area contributed by atoms with Gasteiger partial charge in [-0.1, -0.05) is 18.2 Å². The molecule has 20 heavy (non-hydrogen) atoms. The van der Waals surface area contributed by atoms with E-state index in [1.165, 1.54) is 11.6 Å². The summed E-state index contributed by atoms with van der Waals surface area (Å²) in [6.45, 7) is 4.28. The lowest BCUT2D eigenvalue weighted by molar-refractivity contribution is 0.212. The summed E-state index contributed by atoms with van der Waals surface area (Å²) >= 11 is 0. The Labute approximate surface area is 117 Å². The second-order valence-corrected chi connectivity index (χ2v) is 4.76. The van der Waals surface area contributed by atoms with Crippen molar-refractivity contribution >= 4 is 0 Å². The molecule has 2 aromatic carbocycles. The molecule has 2 nitrogen and oxygen atoms in total. The highest BCUT2D eigenvalue weighted by Gasteiger charge is 2.13. The van der Waals surface area contributed by atoms with E-state index in [2.05, 4.69) is 0 Å². The summed E-state index contributed by atoms with van der Waals surface area (Å²) < 4.78 is 31.7. The normalized spacial score (nSPS) is 12.2. The van der Waals surface area contributed by atoms with Crippen LogP contribution in [-0.2, 0) is 0 Å². The van der Waals surface area contributed by atoms with Gasteiger partial charge < -0.3 is 10.5 Å². The van der Waals surface area contributed by atoms with Gasteiger partial charge in [-0.05, 0) is 42.7 Å². The van der Waals surface area contributed by atoms with E-state index < -0.39 is 11.6 Å². The monoisotopic (exact) mass is 277 g/mol. The van der Waals surface area contributed by atoms with E-state index in [-0.39, 0.29) is 18.4 Å². The maximum atomic E-state index is 13.2. The van der Waals surface area contributed by atoms with Gasteiger partial charge in [-0.3, -0.25) is 0 Å². The zero-order chi connectivity index (χ0) is 14.7. The Bertz CT molecular complexity index is 613. The molecule has 4 heteroatoms. The second kappa shape index (κ2) is 6.01. The van der Waals surface area contributed by atoms with E-state index >= 15 is 0 Å². The van der Waals surface area contributed by atoms with Gasteiger partial charge in [0.05, 0.1) is 0 Å². The van der Waals surface area contributed by atoms with Crippen LogP contribution in [0.1, 0.15) is 22.8 Å². The average Bonchev–Trinajstić information content (AvgIpc) is 2.43. The Kier molecular flexibility index (Phi) is 4.35. The highest BCUT2D eigenvalue weighted by atomic mass is 19.2. The number of rotatable bonds is 4. The minimum atomic E-state index is -0.932. The third-order valence-corrected chi connectivity index (χ3v) is 3.29. The number of aryl methyl sites for hydroxylation is 2. The first kappa shape index (κ1) is 14.5. The van der Waals surface area contributed by atoms with Gasteiger partial charge in [0.1, 0.15) is 11.9 Å². The van der Waals surface area contributed by atoms with Gasteiger partial charge in [0.2, 0.25) is 0 Å². The van der Waals surface area contributed by atoms with Crippen molar-refractivity contribution in [3.8, 4) is 5.75 Å². The van der Waals surface area contributed by atoms with Crippen LogP contribution in [0.3, 0.4) is 0 Å². The maximum absolute atomic E-state index is 13.2. The highest BCUT2D eigenvalue weighted by molar-refractivity contribution is 5.32. The minimum Gasteiger partial charge on any atom is -0.484 e. The molecule has 106 valence electrons. The van der Waals surface area contributed by atoms with E-state index in [9.17, 15) is 8.78 Å². The van der Waals surface area contributed by atoms with Crippen LogP contribution in [0.5, 0.6) is 5.75 Å². The summed E-state index contributed by atoms with van der Waals surface area (Å²) in [6.07, 6.45) is -0.390. The Morgan fingerprint density at radius 2 is 1.75 bits per heavy atom. The summed E-state index contributed by atoms with van der Waals surface area (Å²) in [5.41, 5.74) is 8.95. The third-order valence-electron chi connectivity index (χ3n) is 3.29. The van der Waals surface area contributed by atoms with E-state index in [1.54, 1.807) is 0 Å². The lowest BCUT2D eigenvalue weighted by Gasteiger charge is -2.19. The van der Waals surface area contributed by atoms with Crippen molar-refractivity contribution in [1.82, 2.24) is 0 Å². The predicted octanol–water partition coefficient (Wildman–Crippen LogP) is 3.66. The van der Waals surface area contributed by atoms with Crippen molar-refractivity contribution in [3.05, 3.63) is 64.7 Å². The Hall–Kier alpha value is -1.94. The predicted molar refractivity (Wildman–Crippen MR) is 74.7 cm³/mol. The molecule has 0 aliphatic rings. The molecule has 2 N–H and O–H groups in total. The van der Waals surface area contributed by atoms with E-state index in [4.69, 9.17) is 10.5 Å². The summed E-state index contributed by atoms with van der Waals surface area (Å²) in [5.74, 6) is -1.57. The largest absolute Gasteiger partial charge is 0.484 e. The molecule has 0 bridgehead atoms. The summed E-state index contributed by atoms with van der Waals surface area (Å²) in [4.78, 5) is 0. The molecule has 2 rings (SSSR count). The number of halogens is 2. The first-order valence-electron chi connectivity index (χ1n) is 6.40. The molecule has 1 unspecified atom stereocenters. The number of hydrogen-bond acceptors (Lipinski definition) is 2. The molecule has 0 aromatic heterocycles. The van der Waals surface area contributed by atoms with Crippen LogP contribution in [0, 0.1) is 25.5 Å². The quantitative estimate of drug-likeness (QED) is 0.925. The molecule has 0 heterocycles. The topological polar surface area (TPSA) is 35.2 Å². The van der Waals surface area contributed by atoms with Gasteiger partial charge in [0.15, 0.2) is 11.6 Å². The van der Waals surface area contributed by atoms with Gasteiger partial charge in [-0.15, -0.1) is 0 Å². The van der Waals surface area contributed by atoms with Crippen molar-refractivity contribution in [2.24, 2.45) is 5.73 Å². The van der Waals surface area contributed by atoms with Crippen LogP contribution in [-0.4, -0.2) is 6.54 Å². The molecule has 0 saturated carbocycles. The number of hydrogen-bond donors (Lipinski definition) is 1. The van der Waals surface area contributed by atoms with Gasteiger partial charge in [0.25, 0.3) is 0 Å². The van der Waals surface area contributed by atoms with E-state index in [0.717, 1.165) is 23.3 Å². The molecule has 0 radical (unpaired) electrons. The fraction of sp³-hybridized carbons (Fsp3) is 0.250. The SMILES string of the molecule is Cc1ccc(C(CN)Oc2ccc(F)c(F)c2)cc1C. The molecule has 0 amide bonds. The molecule has 2 aromatic rings. The summed E-state index contributed by atoms with van der Waals surface area (Å²) in [5, 5.41) is 0. The van der Waals surface area contributed by atoms with Crippen LogP contribution in [0.2, 0.25) is 0 Å². The van der Waals surface area contributed by atoms with Crippen molar-refractivity contribution in [2.75, 3.05) is 6.54 Å². The van der Waals surface area contributed by atoms with Crippen LogP contribution in [0.25, 0.3) is 0 Å². The van der Waals surface area contributed by atoms with Crippen LogP contribution >= 0.6 is 0 Å². The number of nitrogens with two attached hydrogens (primary N) is 1. The van der Waals surface area contributed by atoms with Gasteiger partial charge in [-0.25, -0.2) is 8.78 Å². The fourth-order valence-corrected chi connectivity index (χ4v) is 1.93. The Morgan fingerprint density at radius 3 is 2.35 bits per heavy atom. The second-order valence-electron chi connectivity index (χ2n) is 4.76. The number of benzene rings is 2. The van der Waals surface area contributed by atoms with Crippen LogP contribution in [0.15, 0.2) is 36.4 Å². The van der Waals surface area contributed by atoms with Crippen molar-refractivity contribution in [3.63, 3.8) is 0 Å². The van der Waals surface area contributed by atoms with Crippen molar-refractivity contribution in [1.29, 1.82) is 0 Å². The van der Waals surface area contributed by atoms with Crippen LogP contribution in [0.4, 0.5) is 8.78 Å². The Balaban J connectivity index is 2.23. The van der Waals surface area contributed by atoms with Crippen LogP contribution < -0.4 is 10.5 Å². The van der Waals surface area contributed by atoms with Crippen molar-refractivity contribution < 1.29 is 13.5 Å². The first-order valence-corrected chi connectivity index (χ1v) is 6.40. The molecule has 0 spiro atoms.